The zero-order valence-corrected chi connectivity index (χ0v) is 29.5. The number of rotatable bonds is 9. The number of fused-ring (bicyclic) bond motifs is 1. The summed E-state index contributed by atoms with van der Waals surface area (Å²) in [4.78, 5) is 44.3. The van der Waals surface area contributed by atoms with Gasteiger partial charge in [-0.05, 0) is 55.9 Å². The highest BCUT2D eigenvalue weighted by Gasteiger charge is 2.31. The first kappa shape index (κ1) is 38.2. The molecule has 0 saturated carbocycles. The Labute approximate surface area is 291 Å². The van der Waals surface area contributed by atoms with Crippen LogP contribution in [0, 0.1) is 0 Å². The molecular weight excluding hydrogens is 691 g/mol. The molecule has 2 aliphatic rings. The lowest BCUT2D eigenvalue weighted by Gasteiger charge is -2.32. The Bertz CT molecular complexity index is 1950. The van der Waals surface area contributed by atoms with Gasteiger partial charge < -0.3 is 25.2 Å². The predicted octanol–water partition coefficient (Wildman–Crippen LogP) is 2.72. The van der Waals surface area contributed by atoms with Crippen LogP contribution in [0.4, 0.5) is 17.1 Å². The Kier molecular flexibility index (Phi) is 12.2. The topological polar surface area (TPSA) is 203 Å². The highest BCUT2D eigenvalue weighted by Crippen LogP contribution is 2.38. The van der Waals surface area contributed by atoms with E-state index in [1.54, 1.807) is 30.1 Å². The Morgan fingerprint density at radius 1 is 0.920 bits per heavy atom. The van der Waals surface area contributed by atoms with E-state index in [1.807, 2.05) is 54.6 Å². The normalized spacial score (nSPS) is 16.1. The van der Waals surface area contributed by atoms with E-state index in [1.165, 1.54) is 7.11 Å². The molecular formula is C33H39N5O10S2. The molecule has 1 fully saturated rings. The minimum atomic E-state index is -4.70. The van der Waals surface area contributed by atoms with Gasteiger partial charge in [0, 0.05) is 50.2 Å². The van der Waals surface area contributed by atoms with Gasteiger partial charge in [0.15, 0.2) is 0 Å². The Morgan fingerprint density at radius 2 is 1.52 bits per heavy atom. The van der Waals surface area contributed by atoms with Gasteiger partial charge in [-0.2, -0.15) is 16.8 Å². The third kappa shape index (κ3) is 9.52. The lowest BCUT2D eigenvalue weighted by molar-refractivity contribution is -0.119. The second-order valence-electron chi connectivity index (χ2n) is 11.6. The average molecular weight is 730 g/mol. The van der Waals surface area contributed by atoms with Gasteiger partial charge in [0.2, 0.25) is 10.5 Å². The van der Waals surface area contributed by atoms with E-state index in [4.69, 9.17) is 13.8 Å². The lowest BCUT2D eigenvalue weighted by atomic mass is 9.99. The average Bonchev–Trinajstić information content (AvgIpc) is 3.41. The molecule has 0 radical (unpaired) electrons. The molecule has 2 aliphatic heterocycles. The van der Waals surface area contributed by atoms with Gasteiger partial charge in [-0.15, -0.1) is 0 Å². The molecule has 0 atom stereocenters. The lowest BCUT2D eigenvalue weighted by Crippen LogP contribution is -2.48. The maximum Gasteiger partial charge on any atom is 0.337 e. The molecule has 4 N–H and O–H groups in total. The molecule has 50 heavy (non-hydrogen) atoms. The third-order valence-electron chi connectivity index (χ3n) is 8.19. The number of nitrogens with zero attached hydrogens (tertiary/aromatic N) is 3. The molecule has 0 aromatic heterocycles. The Balaban J connectivity index is 0.000000490. The molecule has 0 aliphatic carbocycles. The fraction of sp³-hybridized carbons (Fsp3) is 0.303. The summed E-state index contributed by atoms with van der Waals surface area (Å²) in [5.41, 5.74) is 5.10. The highest BCUT2D eigenvalue weighted by molar-refractivity contribution is 8.03. The zero-order valence-electron chi connectivity index (χ0n) is 27.9. The number of anilines is 3. The van der Waals surface area contributed by atoms with E-state index in [2.05, 4.69) is 27.5 Å². The van der Waals surface area contributed by atoms with Crippen molar-refractivity contribution in [2.45, 2.75) is 11.5 Å². The number of ether oxygens (including phenoxy) is 1. The quantitative estimate of drug-likeness (QED) is 0.142. The molecule has 2 heterocycles. The van der Waals surface area contributed by atoms with Gasteiger partial charge in [0.05, 0.1) is 36.2 Å². The number of likely N-dealkylation sites (N-methyl/N-ethyl adjacent to an activating group) is 2. The summed E-state index contributed by atoms with van der Waals surface area (Å²) >= 11 is 0. The Hall–Kier alpha value is -4.65. The second-order valence-corrected chi connectivity index (χ2v) is 15.4. The van der Waals surface area contributed by atoms with Crippen molar-refractivity contribution in [2.24, 2.45) is 0 Å². The number of carbonyl (C=O) groups is 3. The molecule has 0 spiro atoms. The van der Waals surface area contributed by atoms with Crippen molar-refractivity contribution < 1.29 is 45.1 Å². The van der Waals surface area contributed by atoms with E-state index in [-0.39, 0.29) is 11.8 Å². The first-order valence-corrected chi connectivity index (χ1v) is 18.3. The van der Waals surface area contributed by atoms with Crippen molar-refractivity contribution in [3.05, 3.63) is 89.5 Å². The van der Waals surface area contributed by atoms with Crippen molar-refractivity contribution >= 4 is 66.4 Å². The van der Waals surface area contributed by atoms with Crippen LogP contribution in [-0.4, -0.2) is 112 Å². The highest BCUT2D eigenvalue weighted by atomic mass is 32.3. The molecule has 0 bridgehead atoms. The number of piperazine rings is 1. The van der Waals surface area contributed by atoms with Crippen molar-refractivity contribution in [1.29, 1.82) is 0 Å². The summed E-state index contributed by atoms with van der Waals surface area (Å²) in [6.45, 7) is 4.75. The molecule has 15 nitrogen and oxygen atoms in total. The van der Waals surface area contributed by atoms with Gasteiger partial charge in [0.1, 0.15) is 0 Å². The number of esters is 1. The fourth-order valence-electron chi connectivity index (χ4n) is 5.06. The van der Waals surface area contributed by atoms with Crippen molar-refractivity contribution in [3.63, 3.8) is 0 Å². The number of nitrogens with one attached hydrogen (secondary N) is 2. The summed E-state index contributed by atoms with van der Waals surface area (Å²) in [5, 5.41) is 6.31. The van der Waals surface area contributed by atoms with Crippen molar-refractivity contribution in [3.8, 4) is 0 Å². The van der Waals surface area contributed by atoms with Crippen LogP contribution in [0.3, 0.4) is 0 Å². The van der Waals surface area contributed by atoms with E-state index in [0.29, 0.717) is 41.6 Å². The number of hydrogen-bond donors (Lipinski definition) is 4. The van der Waals surface area contributed by atoms with Gasteiger partial charge in [0.25, 0.3) is 26.1 Å². The van der Waals surface area contributed by atoms with E-state index < -0.39 is 30.8 Å². The molecule has 5 rings (SSSR count). The molecule has 3 aromatic rings. The zero-order chi connectivity index (χ0) is 36.8. The summed E-state index contributed by atoms with van der Waals surface area (Å²) in [6.07, 6.45) is 0. The number of benzene rings is 3. The van der Waals surface area contributed by atoms with Crippen LogP contribution in [0.25, 0.3) is 11.3 Å². The monoisotopic (exact) mass is 729 g/mol. The molecule has 17 heteroatoms. The van der Waals surface area contributed by atoms with Crippen LogP contribution in [0.1, 0.15) is 28.4 Å². The summed E-state index contributed by atoms with van der Waals surface area (Å²) in [5.74, 6) is -0.694. The summed E-state index contributed by atoms with van der Waals surface area (Å²) < 4.78 is 58.7. The summed E-state index contributed by atoms with van der Waals surface area (Å²) in [7, 11) is -4.19. The van der Waals surface area contributed by atoms with Crippen LogP contribution < -0.4 is 15.5 Å². The number of carbonyl (C=O) groups excluding carboxylic acids is 3. The standard InChI is InChI=1S/C31H33N5O4.C2H6O6S2/c1-34-15-17-36(18-16-34)20-27(37)35(2)24-12-10-23(11-13-24)32-29(21-7-5-4-6-8-21)28-25-14-9-22(31(39)40-3)19-26(25)33-30(28)38;1-2(9(3,4)5)10(6,7)8/h4-14,19,32H,15-18,20H2,1-3H3,(H,33,38);2H,1H3,(H,3,4,5)(H,6,7,8)/b29-28-;. The van der Waals surface area contributed by atoms with Crippen LogP contribution in [0.15, 0.2) is 72.8 Å². The minimum absolute atomic E-state index is 0.0444. The van der Waals surface area contributed by atoms with Crippen molar-refractivity contribution in [2.75, 3.05) is 69.5 Å². The molecule has 2 amide bonds. The SMILES string of the molecule is CC(S(=O)(=O)O)S(=O)(=O)O.COC(=O)c1ccc2c(c1)NC(=O)/C2=C(\Nc1ccc(N(C)C(=O)CN2CCN(C)CC2)cc1)c1ccccc1. The van der Waals surface area contributed by atoms with Gasteiger partial charge >= 0.3 is 5.97 Å². The van der Waals surface area contributed by atoms with Crippen LogP contribution in [0.5, 0.6) is 0 Å². The number of hydrogen-bond acceptors (Lipinski definition) is 11. The maximum atomic E-state index is 13.2. The van der Waals surface area contributed by atoms with E-state index >= 15 is 0 Å². The first-order chi connectivity index (χ1) is 23.5. The molecule has 3 aromatic carbocycles. The molecule has 1 saturated heterocycles. The second kappa shape index (κ2) is 15.9. The fourth-order valence-corrected chi connectivity index (χ4v) is 6.29. The van der Waals surface area contributed by atoms with Crippen molar-refractivity contribution in [1.82, 2.24) is 9.80 Å². The smallest absolute Gasteiger partial charge is 0.337 e. The molecule has 0 unspecified atom stereocenters. The number of methoxy groups -OCH3 is 1. The Morgan fingerprint density at radius 3 is 2.06 bits per heavy atom. The van der Waals surface area contributed by atoms with Crippen LogP contribution >= 0.6 is 0 Å². The first-order valence-electron chi connectivity index (χ1n) is 15.3. The number of amides is 2. The van der Waals surface area contributed by atoms with Gasteiger partial charge in [-0.1, -0.05) is 36.4 Å². The van der Waals surface area contributed by atoms with Crippen LogP contribution in [-0.2, 0) is 34.6 Å². The van der Waals surface area contributed by atoms with Gasteiger partial charge in [-0.25, -0.2) is 4.79 Å². The van der Waals surface area contributed by atoms with Crippen LogP contribution in [0.2, 0.25) is 0 Å². The van der Waals surface area contributed by atoms with Gasteiger partial charge in [-0.3, -0.25) is 23.6 Å². The third-order valence-corrected chi connectivity index (χ3v) is 11.3. The minimum Gasteiger partial charge on any atom is -0.465 e. The maximum absolute atomic E-state index is 13.2. The summed E-state index contributed by atoms with van der Waals surface area (Å²) in [6, 6.07) is 22.2. The van der Waals surface area contributed by atoms with E-state index in [9.17, 15) is 31.2 Å². The molecule has 268 valence electrons. The largest absolute Gasteiger partial charge is 0.465 e. The predicted molar refractivity (Wildman–Crippen MR) is 190 cm³/mol. The van der Waals surface area contributed by atoms with E-state index in [0.717, 1.165) is 43.1 Å².